The summed E-state index contributed by atoms with van der Waals surface area (Å²) >= 11 is 5.43. The molecule has 1 aromatic rings. The van der Waals surface area contributed by atoms with Gasteiger partial charge >= 0.3 is 5.97 Å². The van der Waals surface area contributed by atoms with Crippen LogP contribution in [-0.4, -0.2) is 16.6 Å². The number of carboxylic acid groups (broad SMARTS) is 1. The van der Waals surface area contributed by atoms with Crippen molar-refractivity contribution in [3.63, 3.8) is 0 Å². The van der Waals surface area contributed by atoms with E-state index in [0.717, 1.165) is 11.1 Å². The monoisotopic (exact) mass is 218 g/mol. The first-order valence-corrected chi connectivity index (χ1v) is 4.12. The Bertz CT molecular complexity index is 348. The van der Waals surface area contributed by atoms with Gasteiger partial charge in [0.2, 0.25) is 5.50 Å². The predicted octanol–water partition coefficient (Wildman–Crippen LogP) is 1.16. The van der Waals surface area contributed by atoms with Crippen LogP contribution in [0.5, 0.6) is 0 Å². The average molecular weight is 219 g/mol. The molecular weight excluding hydrogens is 211 g/mol. The number of anilines is 1. The summed E-state index contributed by atoms with van der Waals surface area (Å²) in [6.45, 7) is 0. The summed E-state index contributed by atoms with van der Waals surface area (Å²) in [6, 6.07) is 5.19. The largest absolute Gasteiger partial charge is 0.479 e. The Morgan fingerprint density at radius 1 is 1.64 bits per heavy atom. The van der Waals surface area contributed by atoms with Gasteiger partial charge in [-0.15, -0.1) is 0 Å². The van der Waals surface area contributed by atoms with Gasteiger partial charge in [-0.2, -0.15) is 0 Å². The van der Waals surface area contributed by atoms with Crippen LogP contribution in [-0.2, 0) is 4.79 Å². The van der Waals surface area contributed by atoms with Crippen molar-refractivity contribution in [1.29, 1.82) is 0 Å². The first-order valence-electron chi connectivity index (χ1n) is 3.68. The fourth-order valence-corrected chi connectivity index (χ4v) is 0.999. The molecular formula is C8H8ClFN2O2. The van der Waals surface area contributed by atoms with E-state index in [4.69, 9.17) is 22.6 Å². The number of hydrogen-bond donors (Lipinski definition) is 2. The first kappa shape index (κ1) is 10.7. The summed E-state index contributed by atoms with van der Waals surface area (Å²) in [5.74, 6) is 3.56. The van der Waals surface area contributed by atoms with Crippen molar-refractivity contribution in [3.05, 3.63) is 30.1 Å². The highest BCUT2D eigenvalue weighted by Crippen LogP contribution is 2.16. The number of hydrazine groups is 1. The van der Waals surface area contributed by atoms with Gasteiger partial charge in [-0.05, 0) is 18.2 Å². The number of nitrogens with two attached hydrogens (primary N) is 1. The zero-order chi connectivity index (χ0) is 10.7. The molecule has 0 saturated heterocycles. The van der Waals surface area contributed by atoms with Crippen molar-refractivity contribution in [2.45, 2.75) is 5.50 Å². The lowest BCUT2D eigenvalue weighted by atomic mass is 10.3. The Balaban J connectivity index is 2.89. The third-order valence-corrected chi connectivity index (χ3v) is 1.95. The molecule has 0 heterocycles. The van der Waals surface area contributed by atoms with Crippen LogP contribution in [0.15, 0.2) is 24.3 Å². The van der Waals surface area contributed by atoms with E-state index in [-0.39, 0.29) is 5.69 Å². The quantitative estimate of drug-likeness (QED) is 0.346. The lowest BCUT2D eigenvalue weighted by molar-refractivity contribution is -0.136. The number of benzene rings is 1. The minimum absolute atomic E-state index is 0.201. The molecule has 0 saturated carbocycles. The van der Waals surface area contributed by atoms with Crippen LogP contribution >= 0.6 is 11.6 Å². The molecule has 14 heavy (non-hydrogen) atoms. The average Bonchev–Trinajstić information content (AvgIpc) is 2.15. The van der Waals surface area contributed by atoms with Crippen LogP contribution in [0.25, 0.3) is 0 Å². The topological polar surface area (TPSA) is 66.6 Å². The molecule has 4 nitrogen and oxygen atoms in total. The smallest absolute Gasteiger partial charge is 0.343 e. The van der Waals surface area contributed by atoms with Crippen molar-refractivity contribution in [2.75, 3.05) is 5.01 Å². The van der Waals surface area contributed by atoms with E-state index in [1.54, 1.807) is 0 Å². The van der Waals surface area contributed by atoms with Crippen molar-refractivity contribution in [1.82, 2.24) is 0 Å². The van der Waals surface area contributed by atoms with E-state index in [1.165, 1.54) is 18.2 Å². The summed E-state index contributed by atoms with van der Waals surface area (Å²) in [6.07, 6.45) is 0. The van der Waals surface area contributed by atoms with Crippen LogP contribution in [0.4, 0.5) is 10.1 Å². The summed E-state index contributed by atoms with van der Waals surface area (Å²) in [4.78, 5) is 10.5. The molecule has 0 amide bonds. The van der Waals surface area contributed by atoms with Gasteiger partial charge in [0.05, 0.1) is 5.69 Å². The molecule has 0 aliphatic heterocycles. The van der Waals surface area contributed by atoms with E-state index in [0.29, 0.717) is 0 Å². The molecule has 0 aliphatic carbocycles. The molecule has 0 fully saturated rings. The molecule has 1 atom stereocenters. The Morgan fingerprint density at radius 3 is 2.79 bits per heavy atom. The number of alkyl halides is 1. The minimum atomic E-state index is -1.42. The number of rotatable bonds is 3. The molecule has 0 aromatic heterocycles. The van der Waals surface area contributed by atoms with Crippen molar-refractivity contribution in [2.24, 2.45) is 5.84 Å². The molecule has 3 N–H and O–H groups in total. The van der Waals surface area contributed by atoms with Gasteiger partial charge in [-0.25, -0.2) is 15.0 Å². The molecule has 0 radical (unpaired) electrons. The maximum absolute atomic E-state index is 12.7. The fourth-order valence-electron chi connectivity index (χ4n) is 0.887. The second-order valence-corrected chi connectivity index (χ2v) is 2.97. The SMILES string of the molecule is NN(c1cccc(F)c1)C(Cl)C(=O)O. The van der Waals surface area contributed by atoms with Gasteiger partial charge in [0.1, 0.15) is 5.82 Å². The van der Waals surface area contributed by atoms with E-state index in [2.05, 4.69) is 0 Å². The Morgan fingerprint density at radius 2 is 2.29 bits per heavy atom. The molecule has 6 heteroatoms. The summed E-state index contributed by atoms with van der Waals surface area (Å²) < 4.78 is 12.7. The number of carboxylic acids is 1. The lowest BCUT2D eigenvalue weighted by Gasteiger charge is -2.20. The van der Waals surface area contributed by atoms with E-state index >= 15 is 0 Å². The predicted molar refractivity (Wildman–Crippen MR) is 50.3 cm³/mol. The third-order valence-electron chi connectivity index (χ3n) is 1.55. The Hall–Kier alpha value is -1.33. The highest BCUT2D eigenvalue weighted by Gasteiger charge is 2.20. The van der Waals surface area contributed by atoms with Gasteiger partial charge in [0, 0.05) is 0 Å². The minimum Gasteiger partial charge on any atom is -0.479 e. The van der Waals surface area contributed by atoms with Crippen LogP contribution in [0.2, 0.25) is 0 Å². The zero-order valence-corrected chi connectivity index (χ0v) is 7.78. The number of aliphatic carboxylic acids is 1. The number of halogens is 2. The van der Waals surface area contributed by atoms with E-state index in [9.17, 15) is 9.18 Å². The van der Waals surface area contributed by atoms with Gasteiger partial charge in [0.15, 0.2) is 0 Å². The summed E-state index contributed by atoms with van der Waals surface area (Å²) in [5, 5.41) is 9.31. The van der Waals surface area contributed by atoms with Gasteiger partial charge in [0.25, 0.3) is 0 Å². The normalized spacial score (nSPS) is 12.2. The highest BCUT2D eigenvalue weighted by atomic mass is 35.5. The van der Waals surface area contributed by atoms with Crippen LogP contribution in [0.3, 0.4) is 0 Å². The molecule has 76 valence electrons. The molecule has 1 unspecified atom stereocenters. The highest BCUT2D eigenvalue weighted by molar-refractivity contribution is 6.30. The Kier molecular flexibility index (Phi) is 3.27. The lowest BCUT2D eigenvalue weighted by Crippen LogP contribution is -2.42. The maximum Gasteiger partial charge on any atom is 0.343 e. The van der Waals surface area contributed by atoms with Crippen molar-refractivity contribution in [3.8, 4) is 0 Å². The second-order valence-electron chi connectivity index (χ2n) is 2.56. The Labute approximate surface area is 84.7 Å². The van der Waals surface area contributed by atoms with Crippen molar-refractivity contribution < 1.29 is 14.3 Å². The standard InChI is InChI=1S/C8H8ClFN2O2/c9-7(8(13)14)12(11)6-3-1-2-5(10)4-6/h1-4,7H,11H2,(H,13,14). The second kappa shape index (κ2) is 4.26. The number of carbonyl (C=O) groups is 1. The summed E-state index contributed by atoms with van der Waals surface area (Å²) in [5.41, 5.74) is -1.22. The van der Waals surface area contributed by atoms with Crippen molar-refractivity contribution >= 4 is 23.3 Å². The fraction of sp³-hybridized carbons (Fsp3) is 0.125. The zero-order valence-electron chi connectivity index (χ0n) is 7.02. The van der Waals surface area contributed by atoms with Gasteiger partial charge < -0.3 is 5.11 Å². The number of hydrogen-bond acceptors (Lipinski definition) is 3. The molecule has 1 rings (SSSR count). The molecule has 1 aromatic carbocycles. The first-order chi connectivity index (χ1) is 6.52. The van der Waals surface area contributed by atoms with Gasteiger partial charge in [-0.3, -0.25) is 5.01 Å². The van der Waals surface area contributed by atoms with Crippen LogP contribution in [0.1, 0.15) is 0 Å². The molecule has 0 spiro atoms. The van der Waals surface area contributed by atoms with Gasteiger partial charge in [-0.1, -0.05) is 17.7 Å². The molecule has 0 aliphatic rings. The number of nitrogens with zero attached hydrogens (tertiary/aromatic N) is 1. The molecule has 0 bridgehead atoms. The maximum atomic E-state index is 12.7. The van der Waals surface area contributed by atoms with E-state index < -0.39 is 17.3 Å². The van der Waals surface area contributed by atoms with Crippen LogP contribution < -0.4 is 10.9 Å². The van der Waals surface area contributed by atoms with Crippen LogP contribution in [0, 0.1) is 5.82 Å². The summed E-state index contributed by atoms with van der Waals surface area (Å²) in [7, 11) is 0. The third kappa shape index (κ3) is 2.34. The van der Waals surface area contributed by atoms with E-state index in [1.807, 2.05) is 0 Å².